The lowest BCUT2D eigenvalue weighted by molar-refractivity contribution is 0.617. The van der Waals surface area contributed by atoms with Crippen molar-refractivity contribution in [2.45, 2.75) is 0 Å². The summed E-state index contributed by atoms with van der Waals surface area (Å²) in [6.45, 7) is 0. The van der Waals surface area contributed by atoms with Gasteiger partial charge in [-0.05, 0) is 0 Å². The first-order chi connectivity index (χ1) is 3.29. The lowest BCUT2D eigenvalue weighted by Gasteiger charge is -1.64. The Hall–Kier alpha value is -0.150. The van der Waals surface area contributed by atoms with Crippen molar-refractivity contribution in [3.05, 3.63) is 15.8 Å². The summed E-state index contributed by atoms with van der Waals surface area (Å²) in [5.74, 6) is 0. The molecular formula is C3ClFNS. The third-order valence-corrected chi connectivity index (χ3v) is 1.25. The summed E-state index contributed by atoms with van der Waals surface area (Å²) in [5, 5.41) is 1.95. The lowest BCUT2D eigenvalue weighted by atomic mass is 11.0. The summed E-state index contributed by atoms with van der Waals surface area (Å²) in [6, 6.07) is 0. The molecule has 1 radical (unpaired) electrons. The van der Waals surface area contributed by atoms with Crippen LogP contribution in [0.15, 0.2) is 0 Å². The van der Waals surface area contributed by atoms with Crippen LogP contribution in [0.3, 0.4) is 0 Å². The molecule has 0 bridgehead atoms. The molecule has 0 fully saturated rings. The predicted molar refractivity (Wildman–Crippen MR) is 25.9 cm³/mol. The molecule has 0 aliphatic carbocycles. The summed E-state index contributed by atoms with van der Waals surface area (Å²) in [7, 11) is 0. The summed E-state index contributed by atoms with van der Waals surface area (Å²) >= 11 is 5.93. The molecule has 0 aliphatic heterocycles. The fourth-order valence-corrected chi connectivity index (χ4v) is 0.798. The molecule has 0 aromatic carbocycles. The van der Waals surface area contributed by atoms with E-state index in [-0.39, 0.29) is 5.15 Å². The maximum atomic E-state index is 11.7. The van der Waals surface area contributed by atoms with Crippen molar-refractivity contribution in [2.24, 2.45) is 0 Å². The molecule has 1 heterocycles. The third-order valence-electron chi connectivity index (χ3n) is 0.406. The van der Waals surface area contributed by atoms with E-state index < -0.39 is 5.26 Å². The molecule has 0 aliphatic rings. The molecule has 0 saturated heterocycles. The Morgan fingerprint density at radius 3 is 2.71 bits per heavy atom. The summed E-state index contributed by atoms with van der Waals surface area (Å²) in [6.07, 6.45) is 0. The van der Waals surface area contributed by atoms with Crippen molar-refractivity contribution in [1.29, 1.82) is 0 Å². The number of halogens is 2. The van der Waals surface area contributed by atoms with Crippen LogP contribution >= 0.6 is 22.9 Å². The first-order valence-corrected chi connectivity index (χ1v) is 2.68. The molecule has 1 aromatic heterocycles. The van der Waals surface area contributed by atoms with Gasteiger partial charge in [0.25, 0.3) is 5.26 Å². The van der Waals surface area contributed by atoms with Crippen LogP contribution in [0.2, 0.25) is 5.15 Å². The Morgan fingerprint density at radius 2 is 2.57 bits per heavy atom. The molecule has 37 valence electrons. The minimum atomic E-state index is -0.537. The topological polar surface area (TPSA) is 12.9 Å². The summed E-state index contributed by atoms with van der Waals surface area (Å²) < 4.78 is 11.7. The van der Waals surface area contributed by atoms with E-state index in [1.54, 1.807) is 0 Å². The molecule has 7 heavy (non-hydrogen) atoms. The van der Waals surface area contributed by atoms with E-state index in [0.29, 0.717) is 0 Å². The van der Waals surface area contributed by atoms with E-state index in [1.807, 2.05) is 0 Å². The minimum Gasteiger partial charge on any atom is -0.197 e. The highest BCUT2D eigenvalue weighted by molar-refractivity contribution is 7.07. The van der Waals surface area contributed by atoms with E-state index in [4.69, 9.17) is 11.6 Å². The molecular weight excluding hydrogens is 137 g/mol. The number of hydrogen-bond acceptors (Lipinski definition) is 2. The van der Waals surface area contributed by atoms with Gasteiger partial charge in [-0.3, -0.25) is 0 Å². The Balaban J connectivity index is 3.04. The zero-order chi connectivity index (χ0) is 5.28. The highest BCUT2D eigenvalue weighted by Crippen LogP contribution is 2.09. The monoisotopic (exact) mass is 136 g/mol. The van der Waals surface area contributed by atoms with Gasteiger partial charge in [0, 0.05) is 0 Å². The molecule has 0 saturated carbocycles. The fraction of sp³-hybridized carbons (Fsp3) is 0. The smallest absolute Gasteiger partial charge is 0.197 e. The van der Waals surface area contributed by atoms with Gasteiger partial charge < -0.3 is 0 Å². The molecule has 0 amide bonds. The second-order valence-electron chi connectivity index (χ2n) is 0.860. The van der Waals surface area contributed by atoms with Crippen LogP contribution in [-0.4, -0.2) is 4.98 Å². The predicted octanol–water partition coefficient (Wildman–Crippen LogP) is 1.74. The molecule has 0 spiro atoms. The zero-order valence-electron chi connectivity index (χ0n) is 3.11. The van der Waals surface area contributed by atoms with Crippen LogP contribution in [0.25, 0.3) is 0 Å². The first-order valence-electron chi connectivity index (χ1n) is 1.48. The standard InChI is InChI=1S/C3ClFNS/c4-2-1-7-3(5)6-2. The molecule has 0 atom stereocenters. The highest BCUT2D eigenvalue weighted by atomic mass is 35.5. The summed E-state index contributed by atoms with van der Waals surface area (Å²) in [5.41, 5.74) is 0. The van der Waals surface area contributed by atoms with Crippen molar-refractivity contribution in [1.82, 2.24) is 4.98 Å². The normalized spacial score (nSPS) is 9.43. The van der Waals surface area contributed by atoms with Crippen LogP contribution in [0.4, 0.5) is 4.39 Å². The van der Waals surface area contributed by atoms with E-state index in [1.165, 1.54) is 0 Å². The second kappa shape index (κ2) is 1.76. The largest absolute Gasteiger partial charge is 0.271 e. The van der Waals surface area contributed by atoms with Gasteiger partial charge in [0.2, 0.25) is 0 Å². The van der Waals surface area contributed by atoms with Gasteiger partial charge in [0.05, 0.1) is 5.38 Å². The van der Waals surface area contributed by atoms with Crippen molar-refractivity contribution >= 4 is 22.9 Å². The highest BCUT2D eigenvalue weighted by Gasteiger charge is 1.93. The van der Waals surface area contributed by atoms with Crippen molar-refractivity contribution in [2.75, 3.05) is 0 Å². The zero-order valence-corrected chi connectivity index (χ0v) is 4.68. The Bertz CT molecular complexity index is 147. The van der Waals surface area contributed by atoms with Crippen LogP contribution in [0.5, 0.6) is 0 Å². The van der Waals surface area contributed by atoms with Gasteiger partial charge in [-0.15, -0.1) is 0 Å². The molecule has 0 unspecified atom stereocenters. The molecule has 4 heteroatoms. The average Bonchev–Trinajstić information content (AvgIpc) is 1.87. The number of hydrogen-bond donors (Lipinski definition) is 0. The average molecular weight is 137 g/mol. The van der Waals surface area contributed by atoms with Crippen LogP contribution < -0.4 is 0 Å². The molecule has 1 aromatic rings. The maximum Gasteiger partial charge on any atom is 0.271 e. The lowest BCUT2D eigenvalue weighted by Crippen LogP contribution is -1.62. The number of nitrogens with zero attached hydrogens (tertiary/aromatic N) is 1. The van der Waals surface area contributed by atoms with Crippen molar-refractivity contribution in [3.63, 3.8) is 0 Å². The molecule has 1 rings (SSSR count). The van der Waals surface area contributed by atoms with Gasteiger partial charge in [-0.25, -0.2) is 0 Å². The van der Waals surface area contributed by atoms with Crippen LogP contribution in [0, 0.1) is 10.6 Å². The van der Waals surface area contributed by atoms with Crippen LogP contribution in [0.1, 0.15) is 0 Å². The number of rotatable bonds is 0. The van der Waals surface area contributed by atoms with E-state index in [2.05, 4.69) is 10.4 Å². The van der Waals surface area contributed by atoms with Gasteiger partial charge in [0.15, 0.2) is 5.15 Å². The van der Waals surface area contributed by atoms with E-state index in [0.717, 1.165) is 11.3 Å². The Labute approximate surface area is 48.8 Å². The minimum absolute atomic E-state index is 0.0995. The van der Waals surface area contributed by atoms with Crippen molar-refractivity contribution in [3.8, 4) is 0 Å². The van der Waals surface area contributed by atoms with E-state index in [9.17, 15) is 4.39 Å². The third kappa shape index (κ3) is 1.11. The Morgan fingerprint density at radius 1 is 1.86 bits per heavy atom. The number of aromatic nitrogens is 1. The summed E-state index contributed by atoms with van der Waals surface area (Å²) in [4.78, 5) is 3.17. The van der Waals surface area contributed by atoms with Gasteiger partial charge in [0.1, 0.15) is 0 Å². The van der Waals surface area contributed by atoms with Crippen molar-refractivity contribution < 1.29 is 4.39 Å². The Kier molecular flexibility index (Phi) is 1.25. The molecule has 0 N–H and O–H groups in total. The second-order valence-corrected chi connectivity index (χ2v) is 1.96. The molecule has 1 nitrogen and oxygen atoms in total. The maximum absolute atomic E-state index is 11.7. The van der Waals surface area contributed by atoms with Gasteiger partial charge >= 0.3 is 0 Å². The number of thiazole rings is 1. The van der Waals surface area contributed by atoms with E-state index >= 15 is 0 Å². The fourth-order valence-electron chi connectivity index (χ4n) is 0.207. The van der Waals surface area contributed by atoms with Gasteiger partial charge in [-0.1, -0.05) is 22.9 Å². The quantitative estimate of drug-likeness (QED) is 0.530. The SMILES string of the molecule is Fc1nc(Cl)[c]s1. The van der Waals surface area contributed by atoms with Crippen LogP contribution in [-0.2, 0) is 0 Å². The van der Waals surface area contributed by atoms with Gasteiger partial charge in [-0.2, -0.15) is 9.37 Å². The first kappa shape index (κ1) is 5.00.